The van der Waals surface area contributed by atoms with Crippen LogP contribution in [0, 0.1) is 6.92 Å². The molecule has 3 nitrogen and oxygen atoms in total. The Morgan fingerprint density at radius 1 is 1.25 bits per heavy atom. The summed E-state index contributed by atoms with van der Waals surface area (Å²) in [5.41, 5.74) is 11.1. The molecule has 0 bridgehead atoms. The number of anilines is 2. The lowest BCUT2D eigenvalue weighted by Crippen LogP contribution is -2.25. The summed E-state index contributed by atoms with van der Waals surface area (Å²) in [6.07, 6.45) is 4.18. The second-order valence-electron chi connectivity index (χ2n) is 5.62. The van der Waals surface area contributed by atoms with Gasteiger partial charge in [-0.05, 0) is 56.0 Å². The second-order valence-corrected chi connectivity index (χ2v) is 5.62. The van der Waals surface area contributed by atoms with Crippen molar-refractivity contribution in [3.8, 4) is 0 Å². The van der Waals surface area contributed by atoms with Gasteiger partial charge >= 0.3 is 0 Å². The van der Waals surface area contributed by atoms with Gasteiger partial charge in [-0.3, -0.25) is 0 Å². The van der Waals surface area contributed by atoms with Crippen molar-refractivity contribution >= 4 is 11.5 Å². The fraction of sp³-hybridized carbons (Fsp3) is 0.353. The largest absolute Gasteiger partial charge is 0.326 e. The zero-order chi connectivity index (χ0) is 14.1. The van der Waals surface area contributed by atoms with Gasteiger partial charge in [0.1, 0.15) is 5.82 Å². The van der Waals surface area contributed by atoms with Crippen molar-refractivity contribution < 1.29 is 0 Å². The zero-order valence-corrected chi connectivity index (χ0v) is 12.1. The highest BCUT2D eigenvalue weighted by Gasteiger charge is 2.19. The number of hydrogen-bond donors (Lipinski definition) is 1. The van der Waals surface area contributed by atoms with Crippen LogP contribution in [0.5, 0.6) is 0 Å². The van der Waals surface area contributed by atoms with Crippen molar-refractivity contribution in [1.29, 1.82) is 0 Å². The van der Waals surface area contributed by atoms with E-state index in [1.165, 1.54) is 23.2 Å². The molecule has 0 aliphatic carbocycles. The van der Waals surface area contributed by atoms with Gasteiger partial charge in [0, 0.05) is 24.5 Å². The van der Waals surface area contributed by atoms with Crippen LogP contribution in [0.2, 0.25) is 0 Å². The number of pyridine rings is 1. The molecular formula is C17H21N3. The average molecular weight is 267 g/mol. The molecule has 2 N–H and O–H groups in total. The van der Waals surface area contributed by atoms with Crippen LogP contribution < -0.4 is 10.6 Å². The summed E-state index contributed by atoms with van der Waals surface area (Å²) >= 11 is 0. The molecule has 0 saturated carbocycles. The van der Waals surface area contributed by atoms with Crippen molar-refractivity contribution in [3.63, 3.8) is 0 Å². The molecule has 104 valence electrons. The van der Waals surface area contributed by atoms with Gasteiger partial charge in [0.15, 0.2) is 0 Å². The van der Waals surface area contributed by atoms with Gasteiger partial charge in [0.25, 0.3) is 0 Å². The number of hydrogen-bond acceptors (Lipinski definition) is 3. The Labute approximate surface area is 120 Å². The van der Waals surface area contributed by atoms with Crippen molar-refractivity contribution in [2.75, 3.05) is 11.4 Å². The minimum Gasteiger partial charge on any atom is -0.326 e. The van der Waals surface area contributed by atoms with Crippen molar-refractivity contribution in [1.82, 2.24) is 4.98 Å². The molecule has 1 aliphatic heterocycles. The molecule has 20 heavy (non-hydrogen) atoms. The summed E-state index contributed by atoms with van der Waals surface area (Å²) in [5.74, 6) is 1.00. The van der Waals surface area contributed by atoms with E-state index in [2.05, 4.69) is 41.1 Å². The third kappa shape index (κ3) is 2.41. The molecule has 1 aliphatic rings. The van der Waals surface area contributed by atoms with E-state index in [-0.39, 0.29) is 6.04 Å². The molecule has 3 heteroatoms. The van der Waals surface area contributed by atoms with Crippen LogP contribution in [0.4, 0.5) is 11.5 Å². The first-order valence-electron chi connectivity index (χ1n) is 7.24. The number of rotatable bonds is 2. The normalized spacial score (nSPS) is 15.8. The summed E-state index contributed by atoms with van der Waals surface area (Å²) in [7, 11) is 0. The average Bonchev–Trinajstić information content (AvgIpc) is 2.46. The molecule has 3 rings (SSSR count). The highest BCUT2D eigenvalue weighted by Crippen LogP contribution is 2.33. The third-order valence-corrected chi connectivity index (χ3v) is 3.93. The Balaban J connectivity index is 2.02. The predicted octanol–water partition coefficient (Wildman–Crippen LogP) is 3.49. The lowest BCUT2D eigenvalue weighted by Gasteiger charge is -2.31. The first kappa shape index (κ1) is 13.1. The molecule has 0 unspecified atom stereocenters. The summed E-state index contributed by atoms with van der Waals surface area (Å²) in [5, 5.41) is 0. The topological polar surface area (TPSA) is 42.1 Å². The lowest BCUT2D eigenvalue weighted by atomic mass is 9.99. The smallest absolute Gasteiger partial charge is 0.133 e. The Morgan fingerprint density at radius 2 is 2.10 bits per heavy atom. The predicted molar refractivity (Wildman–Crippen MR) is 83.3 cm³/mol. The number of nitrogens with two attached hydrogens (primary N) is 1. The van der Waals surface area contributed by atoms with Crippen LogP contribution in [-0.2, 0) is 6.42 Å². The standard InChI is InChI=1S/C17H21N3/c1-12-5-6-16-15(10-12)4-3-9-20(16)17-11-14(13(2)18)7-8-19-17/h5-8,10-11,13H,3-4,9,18H2,1-2H3/t13-/m0/s1. The maximum Gasteiger partial charge on any atom is 0.133 e. The molecule has 2 aromatic rings. The van der Waals surface area contributed by atoms with E-state index in [0.717, 1.165) is 24.3 Å². The Morgan fingerprint density at radius 3 is 2.90 bits per heavy atom. The monoisotopic (exact) mass is 267 g/mol. The summed E-state index contributed by atoms with van der Waals surface area (Å²) < 4.78 is 0. The van der Waals surface area contributed by atoms with Crippen LogP contribution in [-0.4, -0.2) is 11.5 Å². The quantitative estimate of drug-likeness (QED) is 0.905. The van der Waals surface area contributed by atoms with E-state index in [9.17, 15) is 0 Å². The number of nitrogens with zero attached hydrogens (tertiary/aromatic N) is 2. The number of fused-ring (bicyclic) bond motifs is 1. The van der Waals surface area contributed by atoms with Crippen molar-refractivity contribution in [2.24, 2.45) is 5.73 Å². The maximum atomic E-state index is 5.98. The zero-order valence-electron chi connectivity index (χ0n) is 12.1. The number of aromatic nitrogens is 1. The molecule has 1 aromatic heterocycles. The van der Waals surface area contributed by atoms with E-state index < -0.39 is 0 Å². The number of aryl methyl sites for hydroxylation is 2. The molecule has 0 amide bonds. The molecule has 1 atom stereocenters. The summed E-state index contributed by atoms with van der Waals surface area (Å²) in [6.45, 7) is 5.17. The van der Waals surface area contributed by atoms with Gasteiger partial charge < -0.3 is 10.6 Å². The molecule has 2 heterocycles. The van der Waals surface area contributed by atoms with Crippen LogP contribution in [0.15, 0.2) is 36.5 Å². The first-order chi connectivity index (χ1) is 9.65. The molecule has 1 aromatic carbocycles. The first-order valence-corrected chi connectivity index (χ1v) is 7.24. The second kappa shape index (κ2) is 5.25. The van der Waals surface area contributed by atoms with Gasteiger partial charge in [-0.1, -0.05) is 17.7 Å². The molecular weight excluding hydrogens is 246 g/mol. The minimum absolute atomic E-state index is 0.0408. The SMILES string of the molecule is Cc1ccc2c(c1)CCCN2c1cc([C@H](C)N)ccn1. The summed E-state index contributed by atoms with van der Waals surface area (Å²) in [6, 6.07) is 10.8. The summed E-state index contributed by atoms with van der Waals surface area (Å²) in [4.78, 5) is 6.85. The highest BCUT2D eigenvalue weighted by molar-refractivity contribution is 5.66. The Kier molecular flexibility index (Phi) is 3.45. The van der Waals surface area contributed by atoms with Crippen LogP contribution in [0.3, 0.4) is 0 Å². The Hall–Kier alpha value is -1.87. The van der Waals surface area contributed by atoms with Crippen molar-refractivity contribution in [2.45, 2.75) is 32.7 Å². The van der Waals surface area contributed by atoms with Gasteiger partial charge in [0.05, 0.1) is 0 Å². The highest BCUT2D eigenvalue weighted by atomic mass is 15.2. The Bertz CT molecular complexity index is 619. The van der Waals surface area contributed by atoms with Gasteiger partial charge in [-0.25, -0.2) is 4.98 Å². The third-order valence-electron chi connectivity index (χ3n) is 3.93. The van der Waals surface area contributed by atoms with Gasteiger partial charge in [0.2, 0.25) is 0 Å². The van der Waals surface area contributed by atoms with Gasteiger partial charge in [-0.15, -0.1) is 0 Å². The molecule has 0 radical (unpaired) electrons. The van der Waals surface area contributed by atoms with Gasteiger partial charge in [-0.2, -0.15) is 0 Å². The fourth-order valence-electron chi connectivity index (χ4n) is 2.83. The fourth-order valence-corrected chi connectivity index (χ4v) is 2.83. The molecule has 0 spiro atoms. The van der Waals surface area contributed by atoms with E-state index in [1.807, 2.05) is 19.2 Å². The maximum absolute atomic E-state index is 5.98. The van der Waals surface area contributed by atoms with Crippen molar-refractivity contribution in [3.05, 3.63) is 53.2 Å². The van der Waals surface area contributed by atoms with E-state index >= 15 is 0 Å². The van der Waals surface area contributed by atoms with Crippen LogP contribution in [0.25, 0.3) is 0 Å². The molecule has 0 fully saturated rings. The minimum atomic E-state index is 0.0408. The van der Waals surface area contributed by atoms with Crippen LogP contribution >= 0.6 is 0 Å². The lowest BCUT2D eigenvalue weighted by molar-refractivity contribution is 0.755. The van der Waals surface area contributed by atoms with Crippen LogP contribution in [0.1, 0.15) is 36.1 Å². The van der Waals surface area contributed by atoms with E-state index in [4.69, 9.17) is 5.73 Å². The van der Waals surface area contributed by atoms with E-state index in [0.29, 0.717) is 0 Å². The molecule has 0 saturated heterocycles. The number of benzene rings is 1. The van der Waals surface area contributed by atoms with E-state index in [1.54, 1.807) is 0 Å².